The van der Waals surface area contributed by atoms with E-state index in [1.165, 1.54) is 16.7 Å². The summed E-state index contributed by atoms with van der Waals surface area (Å²) in [5.74, 6) is -0.997. The molecular formula is C13H19N3O4S. The first kappa shape index (κ1) is 15.7. The highest BCUT2D eigenvalue weighted by Gasteiger charge is 2.26. The van der Waals surface area contributed by atoms with E-state index < -0.39 is 5.97 Å². The van der Waals surface area contributed by atoms with Gasteiger partial charge < -0.3 is 20.4 Å². The van der Waals surface area contributed by atoms with E-state index in [4.69, 9.17) is 10.2 Å². The summed E-state index contributed by atoms with van der Waals surface area (Å²) in [4.78, 5) is 28.8. The Morgan fingerprint density at radius 1 is 1.43 bits per heavy atom. The van der Waals surface area contributed by atoms with Gasteiger partial charge in [0.05, 0.1) is 0 Å². The molecule has 0 aromatic carbocycles. The second-order valence-corrected chi connectivity index (χ2v) is 5.79. The number of anilines is 1. The van der Waals surface area contributed by atoms with Crippen molar-refractivity contribution in [2.24, 2.45) is 5.92 Å². The predicted octanol–water partition coefficient (Wildman–Crippen LogP) is 0.556. The van der Waals surface area contributed by atoms with Crippen LogP contribution in [-0.2, 0) is 4.79 Å². The smallest absolute Gasteiger partial charge is 0.355 e. The van der Waals surface area contributed by atoms with Gasteiger partial charge in [0, 0.05) is 37.5 Å². The van der Waals surface area contributed by atoms with Gasteiger partial charge in [-0.25, -0.2) is 9.78 Å². The van der Waals surface area contributed by atoms with Crippen molar-refractivity contribution in [1.82, 2.24) is 10.3 Å². The molecule has 1 fully saturated rings. The zero-order valence-electron chi connectivity index (χ0n) is 11.6. The number of rotatable bonds is 6. The Morgan fingerprint density at radius 3 is 2.71 bits per heavy atom. The quantitative estimate of drug-likeness (QED) is 0.663. The monoisotopic (exact) mass is 313 g/mol. The molecule has 21 heavy (non-hydrogen) atoms. The molecule has 1 saturated heterocycles. The minimum atomic E-state index is -1.02. The largest absolute Gasteiger partial charge is 0.476 e. The van der Waals surface area contributed by atoms with Crippen molar-refractivity contribution in [3.8, 4) is 0 Å². The van der Waals surface area contributed by atoms with Crippen LogP contribution in [0, 0.1) is 5.92 Å². The lowest BCUT2D eigenvalue weighted by Crippen LogP contribution is -2.40. The number of aliphatic hydroxyl groups excluding tert-OH is 1. The number of carboxylic acids is 1. The summed E-state index contributed by atoms with van der Waals surface area (Å²) < 4.78 is 0. The van der Waals surface area contributed by atoms with E-state index in [1.807, 2.05) is 4.90 Å². The Hall–Kier alpha value is -1.67. The molecule has 7 nitrogen and oxygen atoms in total. The number of aromatic nitrogens is 1. The van der Waals surface area contributed by atoms with Gasteiger partial charge in [0.15, 0.2) is 10.8 Å². The lowest BCUT2D eigenvalue weighted by molar-refractivity contribution is -0.125. The van der Waals surface area contributed by atoms with Crippen molar-refractivity contribution in [2.45, 2.75) is 19.3 Å². The van der Waals surface area contributed by atoms with Gasteiger partial charge in [0.25, 0.3) is 0 Å². The van der Waals surface area contributed by atoms with Crippen molar-refractivity contribution in [2.75, 3.05) is 31.1 Å². The van der Waals surface area contributed by atoms with Gasteiger partial charge >= 0.3 is 5.97 Å². The van der Waals surface area contributed by atoms with Gasteiger partial charge in [-0.1, -0.05) is 0 Å². The standard InChI is InChI=1S/C13H19N3O4S/c17-7-1-4-14-11(18)9-2-5-16(6-3-9)13-15-10(8-21-13)12(19)20/h8-9,17H,1-7H2,(H,14,18)(H,19,20). The number of amides is 1. The molecule has 1 aliphatic rings. The van der Waals surface area contributed by atoms with Gasteiger partial charge in [-0.3, -0.25) is 4.79 Å². The SMILES string of the molecule is O=C(O)c1csc(N2CCC(C(=O)NCCCO)CC2)n1. The summed E-state index contributed by atoms with van der Waals surface area (Å²) in [5, 5.41) is 22.6. The van der Waals surface area contributed by atoms with Gasteiger partial charge in [-0.05, 0) is 19.3 Å². The Kier molecular flexibility index (Phi) is 5.51. The number of carboxylic acid groups (broad SMARTS) is 1. The van der Waals surface area contributed by atoms with E-state index in [0.29, 0.717) is 31.2 Å². The maximum atomic E-state index is 11.9. The molecule has 0 radical (unpaired) electrons. The number of nitrogens with one attached hydrogen (secondary N) is 1. The molecule has 116 valence electrons. The van der Waals surface area contributed by atoms with Crippen molar-refractivity contribution in [3.63, 3.8) is 0 Å². The lowest BCUT2D eigenvalue weighted by Gasteiger charge is -2.31. The number of carbonyl (C=O) groups is 2. The molecule has 3 N–H and O–H groups in total. The second kappa shape index (κ2) is 7.37. The number of hydrogen-bond acceptors (Lipinski definition) is 6. The van der Waals surface area contributed by atoms with Crippen LogP contribution in [0.1, 0.15) is 29.8 Å². The Labute approximate surface area is 126 Å². The average Bonchev–Trinajstić information content (AvgIpc) is 2.97. The topological polar surface area (TPSA) is 103 Å². The van der Waals surface area contributed by atoms with Crippen molar-refractivity contribution >= 4 is 28.3 Å². The van der Waals surface area contributed by atoms with E-state index in [2.05, 4.69) is 10.3 Å². The third kappa shape index (κ3) is 4.15. The summed E-state index contributed by atoms with van der Waals surface area (Å²) in [5.41, 5.74) is 0.0684. The molecule has 0 unspecified atom stereocenters. The predicted molar refractivity (Wildman–Crippen MR) is 78.7 cm³/mol. The Morgan fingerprint density at radius 2 is 2.14 bits per heavy atom. The first-order valence-electron chi connectivity index (χ1n) is 6.94. The molecule has 2 heterocycles. The van der Waals surface area contributed by atoms with Crippen LogP contribution in [-0.4, -0.2) is 53.3 Å². The molecule has 2 rings (SSSR count). The fraction of sp³-hybridized carbons (Fsp3) is 0.615. The average molecular weight is 313 g/mol. The molecule has 0 saturated carbocycles. The summed E-state index contributed by atoms with van der Waals surface area (Å²) in [7, 11) is 0. The van der Waals surface area contributed by atoms with Crippen LogP contribution in [0.2, 0.25) is 0 Å². The van der Waals surface area contributed by atoms with E-state index in [9.17, 15) is 9.59 Å². The minimum absolute atomic E-state index is 0.0150. The van der Waals surface area contributed by atoms with Crippen LogP contribution >= 0.6 is 11.3 Å². The zero-order valence-corrected chi connectivity index (χ0v) is 12.4. The number of piperidine rings is 1. The van der Waals surface area contributed by atoms with Crippen molar-refractivity contribution in [3.05, 3.63) is 11.1 Å². The summed E-state index contributed by atoms with van der Waals surface area (Å²) in [6, 6.07) is 0. The summed E-state index contributed by atoms with van der Waals surface area (Å²) in [6.45, 7) is 1.98. The molecule has 8 heteroatoms. The van der Waals surface area contributed by atoms with E-state index in [0.717, 1.165) is 12.8 Å². The van der Waals surface area contributed by atoms with Crippen molar-refractivity contribution in [1.29, 1.82) is 0 Å². The third-order valence-electron chi connectivity index (χ3n) is 3.48. The second-order valence-electron chi connectivity index (χ2n) is 4.95. The van der Waals surface area contributed by atoms with Crippen LogP contribution in [0.3, 0.4) is 0 Å². The Bertz CT molecular complexity index is 497. The van der Waals surface area contributed by atoms with E-state index >= 15 is 0 Å². The summed E-state index contributed by atoms with van der Waals surface area (Å²) >= 11 is 1.32. The molecule has 0 bridgehead atoms. The molecule has 1 aromatic rings. The van der Waals surface area contributed by atoms with Crippen molar-refractivity contribution < 1.29 is 19.8 Å². The van der Waals surface area contributed by atoms with Crippen LogP contribution in [0.25, 0.3) is 0 Å². The Balaban J connectivity index is 1.82. The fourth-order valence-electron chi connectivity index (χ4n) is 2.28. The molecule has 1 amide bonds. The van der Waals surface area contributed by atoms with Gasteiger partial charge in [-0.15, -0.1) is 11.3 Å². The van der Waals surface area contributed by atoms with Crippen LogP contribution in [0.4, 0.5) is 5.13 Å². The minimum Gasteiger partial charge on any atom is -0.476 e. The number of nitrogens with zero attached hydrogens (tertiary/aromatic N) is 2. The molecular weight excluding hydrogens is 294 g/mol. The highest BCUT2D eigenvalue weighted by atomic mass is 32.1. The normalized spacial score (nSPS) is 16.0. The highest BCUT2D eigenvalue weighted by Crippen LogP contribution is 2.26. The molecule has 1 aliphatic heterocycles. The maximum Gasteiger partial charge on any atom is 0.355 e. The number of aliphatic hydroxyl groups is 1. The highest BCUT2D eigenvalue weighted by molar-refractivity contribution is 7.13. The molecule has 0 aliphatic carbocycles. The number of carbonyl (C=O) groups excluding carboxylic acids is 1. The van der Waals surface area contributed by atoms with Gasteiger partial charge in [0.2, 0.25) is 5.91 Å². The number of aromatic carboxylic acids is 1. The number of thiazole rings is 1. The van der Waals surface area contributed by atoms with Crippen LogP contribution in [0.5, 0.6) is 0 Å². The summed E-state index contributed by atoms with van der Waals surface area (Å²) in [6.07, 6.45) is 2.03. The van der Waals surface area contributed by atoms with E-state index in [-0.39, 0.29) is 24.1 Å². The molecule has 0 spiro atoms. The van der Waals surface area contributed by atoms with E-state index in [1.54, 1.807) is 0 Å². The van der Waals surface area contributed by atoms with Gasteiger partial charge in [0.1, 0.15) is 0 Å². The fourth-order valence-corrected chi connectivity index (χ4v) is 3.13. The van der Waals surface area contributed by atoms with Crippen LogP contribution < -0.4 is 10.2 Å². The maximum absolute atomic E-state index is 11.9. The lowest BCUT2D eigenvalue weighted by atomic mass is 9.96. The van der Waals surface area contributed by atoms with Gasteiger partial charge in [-0.2, -0.15) is 0 Å². The molecule has 1 aromatic heterocycles. The zero-order chi connectivity index (χ0) is 15.2. The first-order valence-corrected chi connectivity index (χ1v) is 7.82. The molecule has 0 atom stereocenters. The van der Waals surface area contributed by atoms with Crippen LogP contribution in [0.15, 0.2) is 5.38 Å². The third-order valence-corrected chi connectivity index (χ3v) is 4.38. The number of hydrogen-bond donors (Lipinski definition) is 3. The first-order chi connectivity index (χ1) is 10.1.